The number of rotatable bonds is 5. The molecule has 0 amide bonds. The Kier molecular flexibility index (Phi) is 5.19. The first-order chi connectivity index (χ1) is 15.3. The van der Waals surface area contributed by atoms with E-state index < -0.39 is 0 Å². The molecule has 10 heteroatoms. The highest BCUT2D eigenvalue weighted by Gasteiger charge is 2.20. The second-order valence-corrected chi connectivity index (χ2v) is 7.09. The molecule has 1 fully saturated rings. The maximum absolute atomic E-state index is 5.47. The van der Waals surface area contributed by atoms with Gasteiger partial charge in [0.1, 0.15) is 6.33 Å². The normalized spacial score (nSPS) is 14.4. The number of imidazole rings is 1. The second-order valence-electron chi connectivity index (χ2n) is 7.09. The van der Waals surface area contributed by atoms with E-state index in [0.717, 1.165) is 5.56 Å². The third kappa shape index (κ3) is 4.05. The summed E-state index contributed by atoms with van der Waals surface area (Å²) in [5, 5.41) is 4.38. The monoisotopic (exact) mass is 415 g/mol. The predicted octanol–water partition coefficient (Wildman–Crippen LogP) is 2.20. The molecule has 10 nitrogen and oxygen atoms in total. The van der Waals surface area contributed by atoms with Gasteiger partial charge in [0.2, 0.25) is 11.9 Å². The van der Waals surface area contributed by atoms with Crippen LogP contribution in [-0.2, 0) is 4.74 Å². The largest absolute Gasteiger partial charge is 0.378 e. The maximum Gasteiger partial charge on any atom is 0.236 e. The fraction of sp³-hybridized carbons (Fsp3) is 0.238. The lowest BCUT2D eigenvalue weighted by atomic mass is 10.2. The molecule has 0 aliphatic carbocycles. The van der Waals surface area contributed by atoms with E-state index in [0.29, 0.717) is 55.2 Å². The Labute approximate surface area is 178 Å². The summed E-state index contributed by atoms with van der Waals surface area (Å²) < 4.78 is 7.21. The minimum Gasteiger partial charge on any atom is -0.378 e. The van der Waals surface area contributed by atoms with Crippen LogP contribution in [0.15, 0.2) is 54.2 Å². The zero-order valence-corrected chi connectivity index (χ0v) is 17.0. The Hall–Kier alpha value is -3.92. The molecule has 0 radical (unpaired) electrons. The number of ether oxygens (including phenoxy) is 1. The van der Waals surface area contributed by atoms with E-state index >= 15 is 0 Å². The van der Waals surface area contributed by atoms with Gasteiger partial charge < -0.3 is 9.64 Å². The fourth-order valence-electron chi connectivity index (χ4n) is 3.35. The smallest absolute Gasteiger partial charge is 0.236 e. The number of anilines is 2. The number of benzene rings is 1. The van der Waals surface area contributed by atoms with E-state index in [2.05, 4.69) is 36.4 Å². The van der Waals surface area contributed by atoms with Crippen molar-refractivity contribution < 1.29 is 4.74 Å². The zero-order valence-electron chi connectivity index (χ0n) is 17.0. The van der Waals surface area contributed by atoms with E-state index in [1.54, 1.807) is 35.6 Å². The molecule has 4 heterocycles. The molecule has 4 aromatic rings. The SMILES string of the molecule is Cc1cccc(C=NNc2nc(N3CCOCC3)nc3c2ncn3-c2ncccn2)c1. The summed E-state index contributed by atoms with van der Waals surface area (Å²) in [6.45, 7) is 4.75. The molecule has 3 aromatic heterocycles. The third-order valence-electron chi connectivity index (χ3n) is 4.87. The molecule has 156 valence electrons. The van der Waals surface area contributed by atoms with Crippen LogP contribution >= 0.6 is 0 Å². The Morgan fingerprint density at radius 1 is 1.03 bits per heavy atom. The quantitative estimate of drug-likeness (QED) is 0.391. The van der Waals surface area contributed by atoms with Crippen LogP contribution in [0.3, 0.4) is 0 Å². The highest BCUT2D eigenvalue weighted by molar-refractivity contribution is 5.86. The van der Waals surface area contributed by atoms with Crippen LogP contribution in [-0.4, -0.2) is 62.0 Å². The molecule has 1 N–H and O–H groups in total. The molecule has 1 aliphatic heterocycles. The number of aromatic nitrogens is 6. The van der Waals surface area contributed by atoms with Crippen LogP contribution in [0.1, 0.15) is 11.1 Å². The summed E-state index contributed by atoms with van der Waals surface area (Å²) in [5.41, 5.74) is 6.41. The van der Waals surface area contributed by atoms with Gasteiger partial charge in [-0.25, -0.2) is 15.0 Å². The van der Waals surface area contributed by atoms with Crippen LogP contribution in [0.2, 0.25) is 0 Å². The van der Waals surface area contributed by atoms with E-state index in [4.69, 9.17) is 14.7 Å². The second kappa shape index (κ2) is 8.44. The van der Waals surface area contributed by atoms with Gasteiger partial charge in [0.25, 0.3) is 0 Å². The lowest BCUT2D eigenvalue weighted by molar-refractivity contribution is 0.122. The molecule has 1 saturated heterocycles. The van der Waals surface area contributed by atoms with Crippen LogP contribution in [0.5, 0.6) is 0 Å². The van der Waals surface area contributed by atoms with Crippen molar-refractivity contribution in [3.8, 4) is 5.95 Å². The van der Waals surface area contributed by atoms with Gasteiger partial charge in [-0.2, -0.15) is 15.1 Å². The molecule has 0 unspecified atom stereocenters. The van der Waals surface area contributed by atoms with Crippen LogP contribution < -0.4 is 10.3 Å². The maximum atomic E-state index is 5.47. The van der Waals surface area contributed by atoms with Gasteiger partial charge in [0.15, 0.2) is 17.0 Å². The van der Waals surface area contributed by atoms with Crippen molar-refractivity contribution in [2.24, 2.45) is 5.10 Å². The summed E-state index contributed by atoms with van der Waals surface area (Å²) in [4.78, 5) is 24.7. The molecule has 0 spiro atoms. The predicted molar refractivity (Wildman–Crippen MR) is 118 cm³/mol. The standard InChI is InChI=1S/C21H21N9O/c1-15-4-2-5-16(12-15)13-25-28-18-17-19(27-21(26-18)29-8-10-31-11-9-29)30(14-24-17)20-22-6-3-7-23-20/h2-7,12-14H,8-11H2,1H3,(H,26,27,28). The molecule has 5 rings (SSSR count). The highest BCUT2D eigenvalue weighted by atomic mass is 16.5. The van der Waals surface area contributed by atoms with Gasteiger partial charge in [-0.15, -0.1) is 0 Å². The summed E-state index contributed by atoms with van der Waals surface area (Å²) in [5.74, 6) is 1.60. The van der Waals surface area contributed by atoms with Gasteiger partial charge in [0, 0.05) is 25.5 Å². The van der Waals surface area contributed by atoms with E-state index in [9.17, 15) is 0 Å². The van der Waals surface area contributed by atoms with Crippen LogP contribution in [0, 0.1) is 6.92 Å². The number of nitrogens with one attached hydrogen (secondary N) is 1. The number of fused-ring (bicyclic) bond motifs is 1. The number of hydrogen-bond donors (Lipinski definition) is 1. The van der Waals surface area contributed by atoms with E-state index in [1.165, 1.54) is 5.56 Å². The number of hydrogen-bond acceptors (Lipinski definition) is 9. The Morgan fingerprint density at radius 3 is 2.68 bits per heavy atom. The van der Waals surface area contributed by atoms with Crippen molar-refractivity contribution in [3.63, 3.8) is 0 Å². The van der Waals surface area contributed by atoms with Crippen LogP contribution in [0.25, 0.3) is 17.1 Å². The van der Waals surface area contributed by atoms with Crippen molar-refractivity contribution in [2.75, 3.05) is 36.6 Å². The zero-order chi connectivity index (χ0) is 21.0. The lowest BCUT2D eigenvalue weighted by Gasteiger charge is -2.26. The Balaban J connectivity index is 1.54. The summed E-state index contributed by atoms with van der Waals surface area (Å²) in [7, 11) is 0. The first-order valence-corrected chi connectivity index (χ1v) is 9.99. The van der Waals surface area contributed by atoms with Crippen molar-refractivity contribution in [2.45, 2.75) is 6.92 Å². The molecule has 1 aromatic carbocycles. The topological polar surface area (TPSA) is 106 Å². The molecule has 0 atom stereocenters. The van der Waals surface area contributed by atoms with Gasteiger partial charge in [-0.05, 0) is 18.6 Å². The molecule has 31 heavy (non-hydrogen) atoms. The van der Waals surface area contributed by atoms with Crippen molar-refractivity contribution >= 4 is 29.1 Å². The van der Waals surface area contributed by atoms with Gasteiger partial charge in [-0.3, -0.25) is 9.99 Å². The summed E-state index contributed by atoms with van der Waals surface area (Å²) in [6.07, 6.45) is 6.77. The minimum absolute atomic E-state index is 0.492. The summed E-state index contributed by atoms with van der Waals surface area (Å²) >= 11 is 0. The number of hydrazone groups is 1. The van der Waals surface area contributed by atoms with Crippen molar-refractivity contribution in [1.29, 1.82) is 0 Å². The lowest BCUT2D eigenvalue weighted by Crippen LogP contribution is -2.37. The number of nitrogens with zero attached hydrogens (tertiary/aromatic N) is 8. The molecule has 1 aliphatic rings. The Bertz CT molecular complexity index is 1220. The Morgan fingerprint density at radius 2 is 1.87 bits per heavy atom. The van der Waals surface area contributed by atoms with E-state index in [-0.39, 0.29) is 0 Å². The van der Waals surface area contributed by atoms with Gasteiger partial charge in [0.05, 0.1) is 19.4 Å². The molecular weight excluding hydrogens is 394 g/mol. The summed E-state index contributed by atoms with van der Waals surface area (Å²) in [6, 6.07) is 9.86. The molecular formula is C21H21N9O. The van der Waals surface area contributed by atoms with Gasteiger partial charge >= 0.3 is 0 Å². The third-order valence-corrected chi connectivity index (χ3v) is 4.87. The van der Waals surface area contributed by atoms with Crippen molar-refractivity contribution in [3.05, 3.63) is 60.2 Å². The number of morpholine rings is 1. The van der Waals surface area contributed by atoms with Crippen molar-refractivity contribution in [1.82, 2.24) is 29.5 Å². The minimum atomic E-state index is 0.492. The highest BCUT2D eigenvalue weighted by Crippen LogP contribution is 2.24. The fourth-order valence-corrected chi connectivity index (χ4v) is 3.35. The molecule has 0 saturated carbocycles. The molecule has 0 bridgehead atoms. The van der Waals surface area contributed by atoms with Gasteiger partial charge in [-0.1, -0.05) is 29.8 Å². The van der Waals surface area contributed by atoms with E-state index in [1.807, 2.05) is 25.1 Å². The van der Waals surface area contributed by atoms with Crippen LogP contribution in [0.4, 0.5) is 11.8 Å². The first-order valence-electron chi connectivity index (χ1n) is 9.99. The number of aryl methyl sites for hydroxylation is 1. The first kappa shape index (κ1) is 19.1. The average Bonchev–Trinajstić information content (AvgIpc) is 3.24. The average molecular weight is 415 g/mol.